The van der Waals surface area contributed by atoms with E-state index in [1.807, 2.05) is 0 Å². The molecule has 0 spiro atoms. The number of fused-ring (bicyclic) bond motifs is 2. The predicted molar refractivity (Wildman–Crippen MR) is 105 cm³/mol. The van der Waals surface area contributed by atoms with Crippen LogP contribution in [0.2, 0.25) is 13.1 Å². The molecule has 0 amide bonds. The van der Waals surface area contributed by atoms with Gasteiger partial charge in [0.2, 0.25) is 0 Å². The minimum atomic E-state index is -1.90. The van der Waals surface area contributed by atoms with Crippen LogP contribution >= 0.6 is 0 Å². The molecule has 0 nitrogen and oxygen atoms in total. The quantitative estimate of drug-likeness (QED) is 0.591. The van der Waals surface area contributed by atoms with Gasteiger partial charge in [-0.15, -0.1) is 0 Å². The van der Waals surface area contributed by atoms with Gasteiger partial charge in [-0.3, -0.25) is 0 Å². The monoisotopic (exact) mass is 407 g/mol. The van der Waals surface area contributed by atoms with E-state index >= 15 is 0 Å². The van der Waals surface area contributed by atoms with Crippen molar-refractivity contribution in [2.24, 2.45) is 0 Å². The Balaban J connectivity index is 1.89. The van der Waals surface area contributed by atoms with Gasteiger partial charge in [0.05, 0.1) is 0 Å². The zero-order valence-corrected chi connectivity index (χ0v) is 18.6. The Hall–Kier alpha value is -0.980. The fraction of sp³-hybridized carbons (Fsp3) is 0.273. The van der Waals surface area contributed by atoms with Crippen LogP contribution in [0.4, 0.5) is 0 Å². The summed E-state index contributed by atoms with van der Waals surface area (Å²) in [5, 5.41) is 0. The van der Waals surface area contributed by atoms with Gasteiger partial charge in [0, 0.05) is 0 Å². The van der Waals surface area contributed by atoms with Gasteiger partial charge < -0.3 is 0 Å². The van der Waals surface area contributed by atoms with Crippen molar-refractivity contribution in [3.8, 4) is 0 Å². The average Bonchev–Trinajstić information content (AvgIpc) is 3.08. The molecule has 0 aromatic heterocycles. The van der Waals surface area contributed by atoms with Gasteiger partial charge >= 0.3 is 155 Å². The SMILES string of the molecule is C[SiH](C)[Zr]([C]1(C)C=Cc2ccccc21)[C]1(C)C=Cc2ccccc21. The standard InChI is InChI=1S/2C10H9.C2H7Si.Zr/c2*1-8-6-7-9-4-2-3-5-10(8)9;1-3-2;/h2*2-7H,1H3;3H,1-2H3;. The normalized spacial score (nSPS) is 26.7. The number of benzene rings is 2. The molecule has 0 fully saturated rings. The van der Waals surface area contributed by atoms with Gasteiger partial charge in [-0.2, -0.15) is 0 Å². The van der Waals surface area contributed by atoms with Crippen LogP contribution in [0.15, 0.2) is 60.7 Å². The van der Waals surface area contributed by atoms with Gasteiger partial charge in [-0.05, 0) is 0 Å². The molecule has 0 aliphatic heterocycles. The summed E-state index contributed by atoms with van der Waals surface area (Å²) < 4.78 is 0.630. The van der Waals surface area contributed by atoms with Crippen LogP contribution in [-0.2, 0) is 27.2 Å². The summed E-state index contributed by atoms with van der Waals surface area (Å²) >= 11 is -1.90. The average molecular weight is 409 g/mol. The summed E-state index contributed by atoms with van der Waals surface area (Å²) in [4.78, 5) is 0. The first-order valence-electron chi connectivity index (χ1n) is 8.92. The van der Waals surface area contributed by atoms with E-state index in [4.69, 9.17) is 0 Å². The maximum absolute atomic E-state index is 2.61. The number of rotatable bonds is 3. The second-order valence-electron chi connectivity index (χ2n) is 7.81. The van der Waals surface area contributed by atoms with Crippen LogP contribution in [0.5, 0.6) is 0 Å². The second-order valence-corrected chi connectivity index (χ2v) is 29.2. The van der Waals surface area contributed by atoms with E-state index in [0.29, 0.717) is 6.25 Å². The molecule has 2 atom stereocenters. The summed E-state index contributed by atoms with van der Waals surface area (Å²) in [6.45, 7) is 10.3. The van der Waals surface area contributed by atoms with Gasteiger partial charge in [0.25, 0.3) is 0 Å². The van der Waals surface area contributed by atoms with E-state index in [9.17, 15) is 0 Å². The predicted octanol–water partition coefficient (Wildman–Crippen LogP) is 5.47. The summed E-state index contributed by atoms with van der Waals surface area (Å²) in [7, 11) is 0. The zero-order chi connectivity index (χ0) is 16.9. The molecule has 2 aromatic rings. The van der Waals surface area contributed by atoms with Crippen molar-refractivity contribution in [2.75, 3.05) is 0 Å². The van der Waals surface area contributed by atoms with Crippen molar-refractivity contribution in [1.82, 2.24) is 0 Å². The van der Waals surface area contributed by atoms with E-state index in [0.717, 1.165) is 0 Å². The van der Waals surface area contributed by atoms with E-state index in [-0.39, 0.29) is 0 Å². The number of allylic oxidation sites excluding steroid dienone is 2. The molecule has 0 radical (unpaired) electrons. The second kappa shape index (κ2) is 5.78. The first kappa shape index (κ1) is 16.5. The molecule has 2 aromatic carbocycles. The van der Waals surface area contributed by atoms with Gasteiger partial charge in [-0.25, -0.2) is 0 Å². The summed E-state index contributed by atoms with van der Waals surface area (Å²) in [5.41, 5.74) is 6.09. The van der Waals surface area contributed by atoms with Gasteiger partial charge in [0.1, 0.15) is 0 Å². The molecular weight excluding hydrogens is 384 g/mol. The third-order valence-electron chi connectivity index (χ3n) is 5.93. The van der Waals surface area contributed by atoms with Crippen LogP contribution in [0.3, 0.4) is 0 Å². The summed E-state index contributed by atoms with van der Waals surface area (Å²) in [6, 6.07) is 18.2. The molecule has 0 bridgehead atoms. The van der Waals surface area contributed by atoms with Crippen LogP contribution in [0.25, 0.3) is 12.2 Å². The Morgan fingerprint density at radius 3 is 1.54 bits per heavy atom. The van der Waals surface area contributed by atoms with Crippen molar-refractivity contribution in [2.45, 2.75) is 33.2 Å². The first-order valence-corrected chi connectivity index (χ1v) is 18.5. The molecule has 0 N–H and O–H groups in total. The van der Waals surface area contributed by atoms with Crippen LogP contribution < -0.4 is 0 Å². The van der Waals surface area contributed by atoms with Crippen molar-refractivity contribution in [3.63, 3.8) is 0 Å². The Morgan fingerprint density at radius 1 is 0.708 bits per heavy atom. The number of hydrogen-bond acceptors (Lipinski definition) is 0. The molecule has 2 unspecified atom stereocenters. The van der Waals surface area contributed by atoms with Gasteiger partial charge in [0.15, 0.2) is 0 Å². The van der Waals surface area contributed by atoms with E-state index < -0.39 is 26.8 Å². The van der Waals surface area contributed by atoms with Crippen LogP contribution in [-0.4, -0.2) is 5.92 Å². The van der Waals surface area contributed by atoms with Crippen molar-refractivity contribution in [1.29, 1.82) is 0 Å². The fourth-order valence-electron chi connectivity index (χ4n) is 5.13. The third kappa shape index (κ3) is 2.26. The molecule has 121 valence electrons. The maximum atomic E-state index is 2.61. The Labute approximate surface area is 154 Å². The van der Waals surface area contributed by atoms with E-state index in [1.165, 1.54) is 11.1 Å². The van der Waals surface area contributed by atoms with Crippen LogP contribution in [0, 0.1) is 0 Å². The van der Waals surface area contributed by atoms with Crippen molar-refractivity contribution < 1.29 is 20.9 Å². The molecule has 0 saturated heterocycles. The zero-order valence-electron chi connectivity index (χ0n) is 15.0. The Morgan fingerprint density at radius 2 is 1.12 bits per heavy atom. The van der Waals surface area contributed by atoms with E-state index in [2.05, 4.69) is 99.8 Å². The molecule has 2 aliphatic rings. The molecule has 2 aliphatic carbocycles. The Kier molecular flexibility index (Phi) is 3.97. The fourth-order valence-corrected chi connectivity index (χ4v) is 34.7. The van der Waals surface area contributed by atoms with Crippen LogP contribution in [0.1, 0.15) is 36.1 Å². The van der Waals surface area contributed by atoms with Crippen molar-refractivity contribution in [3.05, 3.63) is 82.9 Å². The molecule has 0 saturated carbocycles. The van der Waals surface area contributed by atoms with Gasteiger partial charge in [-0.1, -0.05) is 0 Å². The molecule has 24 heavy (non-hydrogen) atoms. The summed E-state index contributed by atoms with van der Waals surface area (Å²) in [5.74, 6) is -0.750. The summed E-state index contributed by atoms with van der Waals surface area (Å²) in [6.07, 6.45) is 9.92. The Bertz CT molecular complexity index is 783. The topological polar surface area (TPSA) is 0 Å². The third-order valence-corrected chi connectivity index (χ3v) is 30.3. The first-order chi connectivity index (χ1) is 11.5. The minimum absolute atomic E-state index is 0.315. The molecule has 0 heterocycles. The van der Waals surface area contributed by atoms with E-state index in [1.54, 1.807) is 11.1 Å². The molecule has 4 rings (SSSR count). The van der Waals surface area contributed by atoms with Crippen molar-refractivity contribution >= 4 is 18.1 Å². The number of hydrogen-bond donors (Lipinski definition) is 0. The molecule has 2 heteroatoms. The molecular formula is C22H25SiZr.